The molecule has 0 aliphatic heterocycles. The van der Waals surface area contributed by atoms with Gasteiger partial charge in [-0.1, -0.05) is 41.5 Å². The molecule has 0 nitrogen and oxygen atoms in total. The molecule has 0 unspecified atom stereocenters. The second-order valence-electron chi connectivity index (χ2n) is 5.66. The van der Waals surface area contributed by atoms with E-state index in [9.17, 15) is 0 Å². The van der Waals surface area contributed by atoms with Crippen LogP contribution in [0, 0.1) is 10.8 Å². The van der Waals surface area contributed by atoms with E-state index in [1.165, 1.54) is 12.8 Å². The molecule has 0 radical (unpaired) electrons. The highest BCUT2D eigenvalue weighted by Crippen LogP contribution is 2.43. The first-order chi connectivity index (χ1) is 4.21. The lowest BCUT2D eigenvalue weighted by Gasteiger charge is -2.05. The van der Waals surface area contributed by atoms with E-state index in [-0.39, 0.29) is 0 Å². The highest BCUT2D eigenvalue weighted by molar-refractivity contribution is 4.82. The van der Waals surface area contributed by atoms with E-state index in [4.69, 9.17) is 0 Å². The molecule has 0 amide bonds. The van der Waals surface area contributed by atoms with Crippen molar-refractivity contribution in [2.24, 2.45) is 10.8 Å². The molecule has 0 atom stereocenters. The second-order valence-corrected chi connectivity index (χ2v) is 5.66. The van der Waals surface area contributed by atoms with Crippen molar-refractivity contribution in [3.8, 4) is 0 Å². The molecule has 1 aliphatic rings. The summed E-state index contributed by atoms with van der Waals surface area (Å²) in [5, 5.41) is 0. The zero-order valence-corrected chi connectivity index (χ0v) is 8.41. The Balaban J connectivity index is 0.000000162. The zero-order chi connectivity index (χ0) is 8.41. The Kier molecular flexibility index (Phi) is 2.94. The first-order valence-electron chi connectivity index (χ1n) is 4.21. The van der Waals surface area contributed by atoms with Gasteiger partial charge in [0.1, 0.15) is 0 Å². The summed E-state index contributed by atoms with van der Waals surface area (Å²) in [5.41, 5.74) is 1.25. The van der Waals surface area contributed by atoms with Crippen LogP contribution in [-0.4, -0.2) is 0 Å². The maximum Gasteiger partial charge on any atom is -0.0354 e. The summed E-state index contributed by atoms with van der Waals surface area (Å²) in [7, 11) is 0. The Bertz CT molecular complexity index is 77.0. The molecule has 0 aromatic heterocycles. The van der Waals surface area contributed by atoms with Gasteiger partial charge in [0.2, 0.25) is 0 Å². The molecule has 10 heavy (non-hydrogen) atoms. The van der Waals surface area contributed by atoms with Gasteiger partial charge in [-0.2, -0.15) is 0 Å². The van der Waals surface area contributed by atoms with Crippen molar-refractivity contribution >= 4 is 0 Å². The fraction of sp³-hybridized carbons (Fsp3) is 1.00. The summed E-state index contributed by atoms with van der Waals surface area (Å²) in [6.45, 7) is 13.3. The van der Waals surface area contributed by atoms with Gasteiger partial charge in [0.05, 0.1) is 0 Å². The monoisotopic (exact) mass is 142 g/mol. The molecule has 0 heterocycles. The minimum absolute atomic E-state index is 0.500. The minimum atomic E-state index is 0.500. The molecule has 0 N–H and O–H groups in total. The van der Waals surface area contributed by atoms with Crippen LogP contribution in [0.4, 0.5) is 0 Å². The van der Waals surface area contributed by atoms with Crippen LogP contribution in [-0.2, 0) is 0 Å². The molecule has 0 saturated heterocycles. The van der Waals surface area contributed by atoms with Gasteiger partial charge in [-0.25, -0.2) is 0 Å². The van der Waals surface area contributed by atoms with Crippen molar-refractivity contribution in [2.75, 3.05) is 0 Å². The van der Waals surface area contributed by atoms with Gasteiger partial charge in [0.15, 0.2) is 0 Å². The van der Waals surface area contributed by atoms with Crippen LogP contribution in [0.5, 0.6) is 0 Å². The largest absolute Gasteiger partial charge is 0.0604 e. The highest BCUT2D eigenvalue weighted by atomic mass is 14.4. The molecule has 1 aliphatic carbocycles. The topological polar surface area (TPSA) is 0 Å². The summed E-state index contributed by atoms with van der Waals surface area (Å²) in [4.78, 5) is 0. The van der Waals surface area contributed by atoms with E-state index >= 15 is 0 Å². The predicted octanol–water partition coefficient (Wildman–Crippen LogP) is 3.86. The number of rotatable bonds is 0. The maximum atomic E-state index is 2.30. The van der Waals surface area contributed by atoms with Crippen LogP contribution in [0.3, 0.4) is 0 Å². The molecule has 0 spiro atoms. The standard InChI is InChI=1S/C5H10.C5H12/c1-5(2)3-4-5;1-5(2,3)4/h3-4H2,1-2H3;1-4H3. The van der Waals surface area contributed by atoms with Gasteiger partial charge >= 0.3 is 0 Å². The van der Waals surface area contributed by atoms with E-state index in [0.717, 1.165) is 5.41 Å². The molecular weight excluding hydrogens is 120 g/mol. The Hall–Kier alpha value is 0. The first kappa shape index (κ1) is 10.0. The van der Waals surface area contributed by atoms with E-state index in [2.05, 4.69) is 41.5 Å². The smallest absolute Gasteiger partial charge is 0.0354 e. The molecule has 62 valence electrons. The van der Waals surface area contributed by atoms with Crippen molar-refractivity contribution in [3.05, 3.63) is 0 Å². The van der Waals surface area contributed by atoms with Crippen molar-refractivity contribution in [3.63, 3.8) is 0 Å². The summed E-state index contributed by atoms with van der Waals surface area (Å²) in [6.07, 6.45) is 2.90. The van der Waals surface area contributed by atoms with Gasteiger partial charge in [-0.15, -0.1) is 0 Å². The molecule has 0 heteroatoms. The minimum Gasteiger partial charge on any atom is -0.0604 e. The molecule has 0 aromatic rings. The third-order valence-electron chi connectivity index (χ3n) is 1.25. The average molecular weight is 142 g/mol. The normalized spacial score (nSPS) is 21.0. The van der Waals surface area contributed by atoms with Crippen LogP contribution in [0.15, 0.2) is 0 Å². The van der Waals surface area contributed by atoms with Crippen molar-refractivity contribution in [1.29, 1.82) is 0 Å². The second kappa shape index (κ2) is 2.94. The van der Waals surface area contributed by atoms with Crippen LogP contribution in [0.1, 0.15) is 54.4 Å². The molecular formula is C10H22. The van der Waals surface area contributed by atoms with Gasteiger partial charge in [-0.3, -0.25) is 0 Å². The third-order valence-corrected chi connectivity index (χ3v) is 1.25. The first-order valence-corrected chi connectivity index (χ1v) is 4.21. The highest BCUT2D eigenvalue weighted by Gasteiger charge is 2.30. The quantitative estimate of drug-likeness (QED) is 0.482. The Labute approximate surface area is 66.0 Å². The van der Waals surface area contributed by atoms with E-state index < -0.39 is 0 Å². The molecule has 1 fully saturated rings. The average Bonchev–Trinajstić information content (AvgIpc) is 2.11. The van der Waals surface area contributed by atoms with E-state index in [0.29, 0.717) is 5.41 Å². The lowest BCUT2D eigenvalue weighted by molar-refractivity contribution is 0.469. The van der Waals surface area contributed by atoms with Crippen LogP contribution in [0.25, 0.3) is 0 Å². The van der Waals surface area contributed by atoms with Gasteiger partial charge < -0.3 is 0 Å². The van der Waals surface area contributed by atoms with Crippen LogP contribution in [0.2, 0.25) is 0 Å². The predicted molar refractivity (Wildman–Crippen MR) is 48.1 cm³/mol. The summed E-state index contributed by atoms with van der Waals surface area (Å²) in [6, 6.07) is 0. The number of hydrogen-bond acceptors (Lipinski definition) is 0. The Morgan fingerprint density at radius 2 is 1.00 bits per heavy atom. The van der Waals surface area contributed by atoms with Gasteiger partial charge in [0, 0.05) is 0 Å². The van der Waals surface area contributed by atoms with E-state index in [1.54, 1.807) is 0 Å². The fourth-order valence-corrected chi connectivity index (χ4v) is 0.250. The SMILES string of the molecule is CC(C)(C)C.CC1(C)CC1. The zero-order valence-electron chi connectivity index (χ0n) is 8.41. The Morgan fingerprint density at radius 1 is 0.900 bits per heavy atom. The van der Waals surface area contributed by atoms with Crippen LogP contribution >= 0.6 is 0 Å². The summed E-state index contributed by atoms with van der Waals surface area (Å²) < 4.78 is 0. The molecule has 1 saturated carbocycles. The van der Waals surface area contributed by atoms with Gasteiger partial charge in [0.25, 0.3) is 0 Å². The number of hydrogen-bond donors (Lipinski definition) is 0. The summed E-state index contributed by atoms with van der Waals surface area (Å²) in [5.74, 6) is 0. The molecule has 0 aromatic carbocycles. The maximum absolute atomic E-state index is 2.30. The Morgan fingerprint density at radius 3 is 1.00 bits per heavy atom. The summed E-state index contributed by atoms with van der Waals surface area (Å²) >= 11 is 0. The van der Waals surface area contributed by atoms with Crippen molar-refractivity contribution in [1.82, 2.24) is 0 Å². The van der Waals surface area contributed by atoms with Gasteiger partial charge in [-0.05, 0) is 23.7 Å². The van der Waals surface area contributed by atoms with E-state index in [1.807, 2.05) is 0 Å². The van der Waals surface area contributed by atoms with Crippen LogP contribution < -0.4 is 0 Å². The molecule has 0 bridgehead atoms. The third kappa shape index (κ3) is 15.7. The lowest BCUT2D eigenvalue weighted by Crippen LogP contribution is -1.93. The van der Waals surface area contributed by atoms with Crippen molar-refractivity contribution in [2.45, 2.75) is 54.4 Å². The lowest BCUT2D eigenvalue weighted by atomic mass is 10.0. The van der Waals surface area contributed by atoms with Crippen molar-refractivity contribution < 1.29 is 0 Å². The molecule has 1 rings (SSSR count). The fourth-order valence-electron chi connectivity index (χ4n) is 0.250.